The van der Waals surface area contributed by atoms with Crippen LogP contribution in [0.4, 0.5) is 0 Å². The SMILES string of the molecule is O=C1NOC[C@@H]1N1CC(O)CC1=O. The lowest BCUT2D eigenvalue weighted by Crippen LogP contribution is -2.43. The van der Waals surface area contributed by atoms with Crippen LogP contribution in [0.2, 0.25) is 0 Å². The third-order valence-electron chi connectivity index (χ3n) is 2.23. The van der Waals surface area contributed by atoms with Crippen LogP contribution in [0.25, 0.3) is 0 Å². The maximum absolute atomic E-state index is 11.2. The van der Waals surface area contributed by atoms with E-state index in [4.69, 9.17) is 4.84 Å². The van der Waals surface area contributed by atoms with Gasteiger partial charge in [0.15, 0.2) is 0 Å². The Morgan fingerprint density at radius 2 is 2.31 bits per heavy atom. The fourth-order valence-corrected chi connectivity index (χ4v) is 1.58. The van der Waals surface area contributed by atoms with E-state index in [0.29, 0.717) is 0 Å². The monoisotopic (exact) mass is 186 g/mol. The summed E-state index contributed by atoms with van der Waals surface area (Å²) >= 11 is 0. The molecule has 72 valence electrons. The first-order valence-electron chi connectivity index (χ1n) is 4.07. The number of rotatable bonds is 1. The molecule has 0 aliphatic carbocycles. The Hall–Kier alpha value is -1.14. The van der Waals surface area contributed by atoms with E-state index < -0.39 is 12.1 Å². The summed E-state index contributed by atoms with van der Waals surface area (Å²) in [4.78, 5) is 28.4. The summed E-state index contributed by atoms with van der Waals surface area (Å²) in [5, 5.41) is 9.18. The Kier molecular flexibility index (Phi) is 1.93. The number of hydrogen-bond acceptors (Lipinski definition) is 4. The molecule has 2 aliphatic heterocycles. The Labute approximate surface area is 74.4 Å². The summed E-state index contributed by atoms with van der Waals surface area (Å²) in [6.45, 7) is 0.386. The molecular formula is C7H10N2O4. The third kappa shape index (κ3) is 1.38. The highest BCUT2D eigenvalue weighted by atomic mass is 16.7. The number of carbonyl (C=O) groups is 2. The summed E-state index contributed by atoms with van der Waals surface area (Å²) in [6.07, 6.45) is -0.551. The van der Waals surface area contributed by atoms with E-state index in [2.05, 4.69) is 5.48 Å². The van der Waals surface area contributed by atoms with Crippen LogP contribution in [0.3, 0.4) is 0 Å². The molecule has 0 spiro atoms. The van der Waals surface area contributed by atoms with E-state index >= 15 is 0 Å². The first-order valence-corrected chi connectivity index (χ1v) is 4.07. The van der Waals surface area contributed by atoms with Gasteiger partial charge in [-0.1, -0.05) is 0 Å². The van der Waals surface area contributed by atoms with Crippen LogP contribution >= 0.6 is 0 Å². The second-order valence-electron chi connectivity index (χ2n) is 3.20. The van der Waals surface area contributed by atoms with E-state index in [-0.39, 0.29) is 31.4 Å². The Balaban J connectivity index is 2.08. The van der Waals surface area contributed by atoms with Crippen molar-refractivity contribution in [1.82, 2.24) is 10.4 Å². The number of hydroxylamine groups is 1. The van der Waals surface area contributed by atoms with E-state index in [1.165, 1.54) is 4.90 Å². The Bertz CT molecular complexity index is 255. The van der Waals surface area contributed by atoms with Gasteiger partial charge in [0.25, 0.3) is 5.91 Å². The molecule has 2 aliphatic rings. The summed E-state index contributed by atoms with van der Waals surface area (Å²) in [7, 11) is 0. The van der Waals surface area contributed by atoms with Gasteiger partial charge < -0.3 is 10.0 Å². The molecule has 0 aromatic heterocycles. The second-order valence-corrected chi connectivity index (χ2v) is 3.20. The first-order chi connectivity index (χ1) is 6.18. The minimum absolute atomic E-state index is 0.101. The van der Waals surface area contributed by atoms with Crippen LogP contribution < -0.4 is 5.48 Å². The predicted octanol–water partition coefficient (Wildman–Crippen LogP) is -1.99. The minimum atomic E-state index is -0.652. The van der Waals surface area contributed by atoms with E-state index in [0.717, 1.165) is 0 Å². The molecule has 2 N–H and O–H groups in total. The molecule has 0 aromatic rings. The minimum Gasteiger partial charge on any atom is -0.391 e. The molecule has 1 unspecified atom stereocenters. The van der Waals surface area contributed by atoms with Crippen molar-refractivity contribution in [3.63, 3.8) is 0 Å². The number of likely N-dealkylation sites (tertiary alicyclic amines) is 1. The van der Waals surface area contributed by atoms with E-state index in [1.54, 1.807) is 0 Å². The number of nitrogens with one attached hydrogen (secondary N) is 1. The number of hydrogen-bond donors (Lipinski definition) is 2. The van der Waals surface area contributed by atoms with Gasteiger partial charge in [0, 0.05) is 6.54 Å². The number of nitrogens with zero attached hydrogens (tertiary/aromatic N) is 1. The highest BCUT2D eigenvalue weighted by Gasteiger charge is 2.39. The smallest absolute Gasteiger partial charge is 0.268 e. The molecule has 6 heteroatoms. The van der Waals surface area contributed by atoms with Gasteiger partial charge in [0.1, 0.15) is 12.6 Å². The Morgan fingerprint density at radius 1 is 1.54 bits per heavy atom. The van der Waals surface area contributed by atoms with E-state index in [1.807, 2.05) is 0 Å². The largest absolute Gasteiger partial charge is 0.391 e. The summed E-state index contributed by atoms with van der Waals surface area (Å²) in [5.74, 6) is -0.513. The zero-order valence-electron chi connectivity index (χ0n) is 6.90. The quantitative estimate of drug-likeness (QED) is 0.497. The maximum atomic E-state index is 11.2. The van der Waals surface area contributed by atoms with Crippen molar-refractivity contribution in [3.05, 3.63) is 0 Å². The zero-order valence-corrected chi connectivity index (χ0v) is 6.90. The van der Waals surface area contributed by atoms with Crippen molar-refractivity contribution in [2.24, 2.45) is 0 Å². The van der Waals surface area contributed by atoms with Crippen LogP contribution in [-0.2, 0) is 14.4 Å². The zero-order chi connectivity index (χ0) is 9.42. The highest BCUT2D eigenvalue weighted by Crippen LogP contribution is 2.16. The predicted molar refractivity (Wildman–Crippen MR) is 40.2 cm³/mol. The fourth-order valence-electron chi connectivity index (χ4n) is 1.58. The molecular weight excluding hydrogens is 176 g/mol. The highest BCUT2D eigenvalue weighted by molar-refractivity contribution is 5.89. The summed E-state index contributed by atoms with van der Waals surface area (Å²) < 4.78 is 0. The van der Waals surface area contributed by atoms with Crippen LogP contribution in [0, 0.1) is 0 Å². The molecule has 0 aromatic carbocycles. The number of carbonyl (C=O) groups excluding carboxylic acids is 2. The normalized spacial score (nSPS) is 34.1. The average molecular weight is 186 g/mol. The van der Waals surface area contributed by atoms with Crippen LogP contribution in [0.1, 0.15) is 6.42 Å². The summed E-state index contributed by atoms with van der Waals surface area (Å²) in [5.41, 5.74) is 2.17. The Morgan fingerprint density at radius 3 is 2.77 bits per heavy atom. The number of aliphatic hydroxyl groups excluding tert-OH is 1. The lowest BCUT2D eigenvalue weighted by Gasteiger charge is -2.19. The van der Waals surface area contributed by atoms with Gasteiger partial charge in [-0.2, -0.15) is 0 Å². The lowest BCUT2D eigenvalue weighted by atomic mass is 10.3. The van der Waals surface area contributed by atoms with Crippen molar-refractivity contribution >= 4 is 11.8 Å². The lowest BCUT2D eigenvalue weighted by molar-refractivity contribution is -0.135. The molecule has 2 saturated heterocycles. The average Bonchev–Trinajstić information content (AvgIpc) is 2.58. The first kappa shape index (κ1) is 8.46. The van der Waals surface area contributed by atoms with Crippen molar-refractivity contribution in [2.45, 2.75) is 18.6 Å². The number of β-amino-alcohol motifs (C(OH)–C–C–N with tert-alkyl or cyclic N) is 1. The fraction of sp³-hybridized carbons (Fsp3) is 0.714. The molecule has 0 radical (unpaired) electrons. The summed E-state index contributed by atoms with van der Waals surface area (Å²) in [6, 6.07) is -0.565. The van der Waals surface area contributed by atoms with Crippen molar-refractivity contribution in [3.8, 4) is 0 Å². The molecule has 2 atom stereocenters. The number of amides is 2. The molecule has 2 rings (SSSR count). The second kappa shape index (κ2) is 2.97. The standard InChI is InChI=1S/C7H10N2O4/c10-4-1-6(11)9(2-4)5-3-13-8-7(5)12/h4-5,10H,1-3H2,(H,8,12)/t4?,5-/m0/s1. The molecule has 2 amide bonds. The van der Waals surface area contributed by atoms with Crippen LogP contribution in [-0.4, -0.2) is 47.1 Å². The molecule has 13 heavy (non-hydrogen) atoms. The van der Waals surface area contributed by atoms with Crippen LogP contribution in [0.15, 0.2) is 0 Å². The van der Waals surface area contributed by atoms with Gasteiger partial charge in [0.05, 0.1) is 12.5 Å². The van der Waals surface area contributed by atoms with Crippen molar-refractivity contribution in [1.29, 1.82) is 0 Å². The van der Waals surface area contributed by atoms with Gasteiger partial charge in [-0.25, -0.2) is 5.48 Å². The van der Waals surface area contributed by atoms with Gasteiger partial charge in [-0.05, 0) is 0 Å². The molecule has 6 nitrogen and oxygen atoms in total. The topological polar surface area (TPSA) is 78.9 Å². The van der Waals surface area contributed by atoms with Crippen molar-refractivity contribution in [2.75, 3.05) is 13.2 Å². The maximum Gasteiger partial charge on any atom is 0.268 e. The third-order valence-corrected chi connectivity index (χ3v) is 2.23. The molecule has 0 saturated carbocycles. The molecule has 2 heterocycles. The van der Waals surface area contributed by atoms with Gasteiger partial charge >= 0.3 is 0 Å². The number of aliphatic hydroxyl groups is 1. The van der Waals surface area contributed by atoms with Gasteiger partial charge in [-0.3, -0.25) is 14.4 Å². The van der Waals surface area contributed by atoms with Crippen molar-refractivity contribution < 1.29 is 19.5 Å². The van der Waals surface area contributed by atoms with E-state index in [9.17, 15) is 14.7 Å². The van der Waals surface area contributed by atoms with Gasteiger partial charge in [-0.15, -0.1) is 0 Å². The van der Waals surface area contributed by atoms with Crippen LogP contribution in [0.5, 0.6) is 0 Å². The molecule has 0 bridgehead atoms. The molecule has 2 fully saturated rings. The van der Waals surface area contributed by atoms with Gasteiger partial charge in [0.2, 0.25) is 5.91 Å².